The Bertz CT molecular complexity index is 289. The molecule has 0 fully saturated rings. The fourth-order valence-corrected chi connectivity index (χ4v) is 1.16. The lowest BCUT2D eigenvalue weighted by atomic mass is 9.96. The van der Waals surface area contributed by atoms with Gasteiger partial charge in [0.05, 0.1) is 0 Å². The summed E-state index contributed by atoms with van der Waals surface area (Å²) in [4.78, 5) is 0.783. The van der Waals surface area contributed by atoms with Gasteiger partial charge in [-0.25, -0.2) is 0 Å². The average molecular weight is 182 g/mol. The summed E-state index contributed by atoms with van der Waals surface area (Å²) in [6.07, 6.45) is 0. The Labute approximate surface area is 78.4 Å². The third-order valence-corrected chi connectivity index (χ3v) is 2.16. The third kappa shape index (κ3) is 1.93. The molecule has 0 aromatic heterocycles. The van der Waals surface area contributed by atoms with E-state index in [1.165, 1.54) is 0 Å². The lowest BCUT2D eigenvalue weighted by molar-refractivity contribution is 0.553. The van der Waals surface area contributed by atoms with Crippen LogP contribution in [0.3, 0.4) is 0 Å². The Morgan fingerprint density at radius 3 is 2.33 bits per heavy atom. The van der Waals surface area contributed by atoms with Crippen molar-refractivity contribution >= 4 is 18.3 Å². The van der Waals surface area contributed by atoms with Crippen LogP contribution < -0.4 is 11.5 Å². The Balaban J connectivity index is 3.14. The summed E-state index contributed by atoms with van der Waals surface area (Å²) in [7, 11) is 0. The first-order valence-electron chi connectivity index (χ1n) is 3.79. The quantitative estimate of drug-likeness (QED) is 0.458. The van der Waals surface area contributed by atoms with E-state index in [1.54, 1.807) is 0 Å². The van der Waals surface area contributed by atoms with Gasteiger partial charge in [-0.15, -0.1) is 12.6 Å². The molecular weight excluding hydrogens is 168 g/mol. The first kappa shape index (κ1) is 9.42. The molecule has 0 radical (unpaired) electrons. The molecule has 4 N–H and O–H groups in total. The van der Waals surface area contributed by atoms with Crippen LogP contribution in [-0.4, -0.2) is 0 Å². The van der Waals surface area contributed by atoms with Gasteiger partial charge in [0, 0.05) is 16.1 Å². The molecule has 0 saturated heterocycles. The predicted octanol–water partition coefficient (Wildman–Crippen LogP) is 1.75. The second-order valence-corrected chi connectivity index (χ2v) is 3.98. The normalized spacial score (nSPS) is 11.7. The second-order valence-electron chi connectivity index (χ2n) is 3.50. The van der Waals surface area contributed by atoms with E-state index >= 15 is 0 Å². The van der Waals surface area contributed by atoms with Gasteiger partial charge >= 0.3 is 0 Å². The summed E-state index contributed by atoms with van der Waals surface area (Å²) in [6.45, 7) is 3.90. The van der Waals surface area contributed by atoms with Gasteiger partial charge in [0.25, 0.3) is 0 Å². The number of nitrogen functional groups attached to an aromatic ring is 1. The van der Waals surface area contributed by atoms with Gasteiger partial charge in [0.2, 0.25) is 0 Å². The maximum Gasteiger partial charge on any atom is 0.0449 e. The van der Waals surface area contributed by atoms with E-state index in [4.69, 9.17) is 11.5 Å². The number of hydrogen-bond donors (Lipinski definition) is 3. The summed E-state index contributed by atoms with van der Waals surface area (Å²) >= 11 is 4.22. The Kier molecular flexibility index (Phi) is 2.35. The molecule has 0 spiro atoms. The Hall–Kier alpha value is -0.670. The van der Waals surface area contributed by atoms with E-state index in [2.05, 4.69) is 12.6 Å². The summed E-state index contributed by atoms with van der Waals surface area (Å²) < 4.78 is 0. The van der Waals surface area contributed by atoms with Crippen LogP contribution in [0.4, 0.5) is 5.69 Å². The van der Waals surface area contributed by atoms with Crippen molar-refractivity contribution in [3.63, 3.8) is 0 Å². The number of anilines is 1. The zero-order chi connectivity index (χ0) is 9.35. The highest BCUT2D eigenvalue weighted by Crippen LogP contribution is 2.23. The van der Waals surface area contributed by atoms with Gasteiger partial charge in [-0.05, 0) is 31.5 Å². The van der Waals surface area contributed by atoms with Crippen molar-refractivity contribution in [2.24, 2.45) is 5.73 Å². The van der Waals surface area contributed by atoms with E-state index in [0.717, 1.165) is 10.5 Å². The zero-order valence-electron chi connectivity index (χ0n) is 7.33. The Morgan fingerprint density at radius 1 is 1.33 bits per heavy atom. The first-order chi connectivity index (χ1) is 5.41. The molecule has 0 heterocycles. The number of nitrogens with two attached hydrogens (primary N) is 2. The van der Waals surface area contributed by atoms with Gasteiger partial charge in [0.1, 0.15) is 0 Å². The maximum absolute atomic E-state index is 5.90. The molecule has 0 atom stereocenters. The standard InChI is InChI=1S/C9H14N2S/c1-9(2,11)6-3-4-7(10)8(12)5-6/h3-5,12H,10-11H2,1-2H3. The molecule has 1 aromatic carbocycles. The fraction of sp³-hybridized carbons (Fsp3) is 0.333. The van der Waals surface area contributed by atoms with Gasteiger partial charge in [0.15, 0.2) is 0 Å². The van der Waals surface area contributed by atoms with E-state index in [1.807, 2.05) is 32.0 Å². The molecule has 0 unspecified atom stereocenters. The van der Waals surface area contributed by atoms with Crippen LogP contribution in [0.25, 0.3) is 0 Å². The van der Waals surface area contributed by atoms with Crippen LogP contribution in [0.2, 0.25) is 0 Å². The SMILES string of the molecule is CC(C)(N)c1ccc(N)c(S)c1. The lowest BCUT2D eigenvalue weighted by Crippen LogP contribution is -2.28. The molecule has 0 amide bonds. The van der Waals surface area contributed by atoms with E-state index in [-0.39, 0.29) is 5.54 Å². The fourth-order valence-electron chi connectivity index (χ4n) is 0.944. The summed E-state index contributed by atoms with van der Waals surface area (Å²) in [5.74, 6) is 0. The number of rotatable bonds is 1. The van der Waals surface area contributed by atoms with E-state index < -0.39 is 0 Å². The second kappa shape index (κ2) is 2.99. The average Bonchev–Trinajstić information content (AvgIpc) is 1.92. The van der Waals surface area contributed by atoms with Crippen LogP contribution >= 0.6 is 12.6 Å². The van der Waals surface area contributed by atoms with Crippen LogP contribution in [0.1, 0.15) is 19.4 Å². The molecule has 0 aliphatic carbocycles. The Morgan fingerprint density at radius 2 is 1.92 bits per heavy atom. The van der Waals surface area contributed by atoms with Crippen LogP contribution in [0.5, 0.6) is 0 Å². The third-order valence-electron chi connectivity index (χ3n) is 1.77. The minimum absolute atomic E-state index is 0.328. The minimum atomic E-state index is -0.328. The number of hydrogen-bond acceptors (Lipinski definition) is 3. The number of benzene rings is 1. The highest BCUT2D eigenvalue weighted by Gasteiger charge is 2.14. The van der Waals surface area contributed by atoms with Crippen LogP contribution in [-0.2, 0) is 5.54 Å². The smallest absolute Gasteiger partial charge is 0.0449 e. The maximum atomic E-state index is 5.90. The molecule has 1 aromatic rings. The predicted molar refractivity (Wildman–Crippen MR) is 55.3 cm³/mol. The molecular formula is C9H14N2S. The first-order valence-corrected chi connectivity index (χ1v) is 4.24. The summed E-state index contributed by atoms with van der Waals surface area (Å²) in [5, 5.41) is 0. The molecule has 0 aliphatic rings. The van der Waals surface area contributed by atoms with Crippen molar-refractivity contribution in [3.05, 3.63) is 23.8 Å². The molecule has 0 bridgehead atoms. The summed E-state index contributed by atoms with van der Waals surface area (Å²) in [5.41, 5.74) is 12.9. The van der Waals surface area contributed by atoms with E-state index in [9.17, 15) is 0 Å². The van der Waals surface area contributed by atoms with Crippen molar-refractivity contribution in [3.8, 4) is 0 Å². The van der Waals surface area contributed by atoms with Crippen molar-refractivity contribution in [2.45, 2.75) is 24.3 Å². The molecule has 0 saturated carbocycles. The minimum Gasteiger partial charge on any atom is -0.398 e. The molecule has 66 valence electrons. The zero-order valence-corrected chi connectivity index (χ0v) is 8.23. The lowest BCUT2D eigenvalue weighted by Gasteiger charge is -2.19. The monoisotopic (exact) mass is 182 g/mol. The molecule has 2 nitrogen and oxygen atoms in total. The molecule has 1 rings (SSSR count). The van der Waals surface area contributed by atoms with Crippen molar-refractivity contribution < 1.29 is 0 Å². The molecule has 0 aliphatic heterocycles. The highest BCUT2D eigenvalue weighted by molar-refractivity contribution is 7.80. The topological polar surface area (TPSA) is 52.0 Å². The largest absolute Gasteiger partial charge is 0.398 e. The van der Waals surface area contributed by atoms with Crippen LogP contribution in [0, 0.1) is 0 Å². The van der Waals surface area contributed by atoms with Crippen LogP contribution in [0.15, 0.2) is 23.1 Å². The van der Waals surface area contributed by atoms with Crippen molar-refractivity contribution in [2.75, 3.05) is 5.73 Å². The van der Waals surface area contributed by atoms with Gasteiger partial charge in [-0.2, -0.15) is 0 Å². The van der Waals surface area contributed by atoms with Gasteiger partial charge < -0.3 is 11.5 Å². The molecule has 3 heteroatoms. The summed E-state index contributed by atoms with van der Waals surface area (Å²) in [6, 6.07) is 5.65. The number of thiol groups is 1. The van der Waals surface area contributed by atoms with Gasteiger partial charge in [-0.3, -0.25) is 0 Å². The highest BCUT2D eigenvalue weighted by atomic mass is 32.1. The van der Waals surface area contributed by atoms with E-state index in [0.29, 0.717) is 5.69 Å². The van der Waals surface area contributed by atoms with Crippen molar-refractivity contribution in [1.29, 1.82) is 0 Å². The van der Waals surface area contributed by atoms with Gasteiger partial charge in [-0.1, -0.05) is 6.07 Å². The van der Waals surface area contributed by atoms with Crippen molar-refractivity contribution in [1.82, 2.24) is 0 Å². The molecule has 12 heavy (non-hydrogen) atoms.